The molecule has 3 heteroatoms. The number of hydrogen-bond donors (Lipinski definition) is 2. The Morgan fingerprint density at radius 1 is 1.58 bits per heavy atom. The zero-order chi connectivity index (χ0) is 8.18. The highest BCUT2D eigenvalue weighted by Gasteiger charge is 2.60. The van der Waals surface area contributed by atoms with Crippen LogP contribution in [0.5, 0.6) is 0 Å². The summed E-state index contributed by atoms with van der Waals surface area (Å²) in [5.74, 6) is 0.995. The predicted molar refractivity (Wildman–Crippen MR) is 43.8 cm³/mol. The van der Waals surface area contributed by atoms with E-state index in [0.717, 1.165) is 19.5 Å². The molecule has 0 radical (unpaired) electrons. The van der Waals surface area contributed by atoms with Gasteiger partial charge in [0.15, 0.2) is 0 Å². The lowest BCUT2D eigenvalue weighted by Gasteiger charge is -2.28. The Kier molecular flexibility index (Phi) is 1.35. The molecule has 2 bridgehead atoms. The SMILES string of the molecule is OC[C@H]1[C@H]2CNC[C@]23CC[C@H]1O3. The van der Waals surface area contributed by atoms with Crippen LogP contribution in [-0.2, 0) is 4.74 Å². The van der Waals surface area contributed by atoms with Gasteiger partial charge in [0, 0.05) is 31.5 Å². The van der Waals surface area contributed by atoms with Crippen LogP contribution in [0.15, 0.2) is 0 Å². The first-order valence-electron chi connectivity index (χ1n) is 4.85. The lowest BCUT2D eigenvalue weighted by Crippen LogP contribution is -2.37. The standard InChI is InChI=1S/C9H15NO2/c11-4-6-7-3-10-5-9(7)2-1-8(6)12-9/h6-8,10-11H,1-5H2/t6-,7+,8+,9+/m0/s1. The zero-order valence-corrected chi connectivity index (χ0v) is 7.12. The number of hydrogen-bond acceptors (Lipinski definition) is 3. The van der Waals surface area contributed by atoms with Crippen LogP contribution in [-0.4, -0.2) is 36.5 Å². The molecule has 0 aromatic carbocycles. The van der Waals surface area contributed by atoms with E-state index in [2.05, 4.69) is 5.32 Å². The summed E-state index contributed by atoms with van der Waals surface area (Å²) in [6.45, 7) is 2.35. The number of aliphatic hydroxyl groups is 1. The second-order valence-corrected chi connectivity index (χ2v) is 4.34. The molecule has 3 saturated heterocycles. The van der Waals surface area contributed by atoms with Crippen molar-refractivity contribution in [3.63, 3.8) is 0 Å². The summed E-state index contributed by atoms with van der Waals surface area (Å²) in [5.41, 5.74) is 0.123. The Morgan fingerprint density at radius 2 is 2.50 bits per heavy atom. The van der Waals surface area contributed by atoms with Gasteiger partial charge in [-0.15, -0.1) is 0 Å². The minimum Gasteiger partial charge on any atom is -0.396 e. The van der Waals surface area contributed by atoms with Gasteiger partial charge in [-0.3, -0.25) is 0 Å². The molecule has 68 valence electrons. The third kappa shape index (κ3) is 0.679. The summed E-state index contributed by atoms with van der Waals surface area (Å²) in [7, 11) is 0. The monoisotopic (exact) mass is 169 g/mol. The number of aliphatic hydroxyl groups excluding tert-OH is 1. The Morgan fingerprint density at radius 3 is 3.33 bits per heavy atom. The Bertz CT molecular complexity index is 205. The molecule has 0 aliphatic carbocycles. The highest BCUT2D eigenvalue weighted by Crippen LogP contribution is 2.52. The van der Waals surface area contributed by atoms with E-state index in [0.29, 0.717) is 24.5 Å². The van der Waals surface area contributed by atoms with Crippen molar-refractivity contribution in [1.82, 2.24) is 5.32 Å². The van der Waals surface area contributed by atoms with Crippen molar-refractivity contribution in [3.8, 4) is 0 Å². The van der Waals surface area contributed by atoms with Crippen molar-refractivity contribution < 1.29 is 9.84 Å². The van der Waals surface area contributed by atoms with Crippen LogP contribution in [0.25, 0.3) is 0 Å². The van der Waals surface area contributed by atoms with Gasteiger partial charge in [0.25, 0.3) is 0 Å². The summed E-state index contributed by atoms with van der Waals surface area (Å²) in [6.07, 6.45) is 2.72. The quantitative estimate of drug-likeness (QED) is 0.568. The normalized spacial score (nSPS) is 56.2. The third-order valence-electron chi connectivity index (χ3n) is 3.91. The summed E-state index contributed by atoms with van der Waals surface area (Å²) in [6, 6.07) is 0. The molecule has 3 fully saturated rings. The van der Waals surface area contributed by atoms with Crippen LogP contribution in [0.3, 0.4) is 0 Å². The molecule has 3 aliphatic heterocycles. The first kappa shape index (κ1) is 7.30. The Labute approximate surface area is 72.1 Å². The van der Waals surface area contributed by atoms with Gasteiger partial charge in [-0.1, -0.05) is 0 Å². The van der Waals surface area contributed by atoms with E-state index in [-0.39, 0.29) is 5.60 Å². The van der Waals surface area contributed by atoms with Crippen LogP contribution >= 0.6 is 0 Å². The first-order chi connectivity index (χ1) is 5.86. The summed E-state index contributed by atoms with van der Waals surface area (Å²) in [5, 5.41) is 12.6. The first-order valence-corrected chi connectivity index (χ1v) is 4.85. The summed E-state index contributed by atoms with van der Waals surface area (Å²) in [4.78, 5) is 0. The lowest BCUT2D eigenvalue weighted by molar-refractivity contribution is 0.0112. The molecule has 3 heterocycles. The molecule has 3 aliphatic rings. The van der Waals surface area contributed by atoms with Gasteiger partial charge in [0.05, 0.1) is 11.7 Å². The lowest BCUT2D eigenvalue weighted by atomic mass is 9.74. The van der Waals surface area contributed by atoms with E-state index in [1.807, 2.05) is 0 Å². The largest absolute Gasteiger partial charge is 0.396 e. The van der Waals surface area contributed by atoms with Crippen molar-refractivity contribution in [1.29, 1.82) is 0 Å². The van der Waals surface area contributed by atoms with E-state index >= 15 is 0 Å². The van der Waals surface area contributed by atoms with Gasteiger partial charge in [-0.05, 0) is 12.8 Å². The number of nitrogens with one attached hydrogen (secondary N) is 1. The molecule has 4 atom stereocenters. The fourth-order valence-corrected chi connectivity index (χ4v) is 3.31. The van der Waals surface area contributed by atoms with Gasteiger partial charge in [-0.2, -0.15) is 0 Å². The zero-order valence-electron chi connectivity index (χ0n) is 7.12. The van der Waals surface area contributed by atoms with Gasteiger partial charge < -0.3 is 15.2 Å². The van der Waals surface area contributed by atoms with E-state index in [9.17, 15) is 5.11 Å². The molecule has 0 aromatic rings. The molecule has 3 rings (SSSR count). The molecule has 12 heavy (non-hydrogen) atoms. The van der Waals surface area contributed by atoms with E-state index in [4.69, 9.17) is 4.74 Å². The Balaban J connectivity index is 1.94. The summed E-state index contributed by atoms with van der Waals surface area (Å²) >= 11 is 0. The molecular weight excluding hydrogens is 154 g/mol. The van der Waals surface area contributed by atoms with E-state index < -0.39 is 0 Å². The van der Waals surface area contributed by atoms with Crippen LogP contribution in [0.1, 0.15) is 12.8 Å². The molecule has 1 spiro atoms. The van der Waals surface area contributed by atoms with Crippen LogP contribution < -0.4 is 5.32 Å². The average Bonchev–Trinajstić information content (AvgIpc) is 2.68. The number of fused-ring (bicyclic) bond motifs is 1. The topological polar surface area (TPSA) is 41.5 Å². The second-order valence-electron chi connectivity index (χ2n) is 4.34. The number of ether oxygens (including phenoxy) is 1. The average molecular weight is 169 g/mol. The van der Waals surface area contributed by atoms with Crippen molar-refractivity contribution >= 4 is 0 Å². The van der Waals surface area contributed by atoms with Crippen molar-refractivity contribution in [2.75, 3.05) is 19.7 Å². The molecule has 0 saturated carbocycles. The minimum absolute atomic E-state index is 0.123. The van der Waals surface area contributed by atoms with Gasteiger partial charge in [-0.25, -0.2) is 0 Å². The van der Waals surface area contributed by atoms with Crippen LogP contribution in [0, 0.1) is 11.8 Å². The van der Waals surface area contributed by atoms with Crippen molar-refractivity contribution in [2.45, 2.75) is 24.5 Å². The van der Waals surface area contributed by atoms with Gasteiger partial charge >= 0.3 is 0 Å². The van der Waals surface area contributed by atoms with E-state index in [1.165, 1.54) is 6.42 Å². The van der Waals surface area contributed by atoms with Crippen molar-refractivity contribution in [3.05, 3.63) is 0 Å². The maximum absolute atomic E-state index is 9.22. The van der Waals surface area contributed by atoms with Crippen molar-refractivity contribution in [2.24, 2.45) is 11.8 Å². The smallest absolute Gasteiger partial charge is 0.0855 e. The molecule has 3 nitrogen and oxygen atoms in total. The second kappa shape index (κ2) is 2.22. The van der Waals surface area contributed by atoms with E-state index in [1.54, 1.807) is 0 Å². The fraction of sp³-hybridized carbons (Fsp3) is 1.00. The molecule has 2 N–H and O–H groups in total. The predicted octanol–water partition coefficient (Wildman–Crippen LogP) is -0.254. The van der Waals surface area contributed by atoms with Gasteiger partial charge in [0.2, 0.25) is 0 Å². The number of rotatable bonds is 1. The molecule has 0 aromatic heterocycles. The maximum Gasteiger partial charge on any atom is 0.0855 e. The minimum atomic E-state index is 0.123. The fourth-order valence-electron chi connectivity index (χ4n) is 3.31. The third-order valence-corrected chi connectivity index (χ3v) is 3.91. The molecule has 0 amide bonds. The maximum atomic E-state index is 9.22. The summed E-state index contributed by atoms with van der Waals surface area (Å²) < 4.78 is 5.96. The van der Waals surface area contributed by atoms with Gasteiger partial charge in [0.1, 0.15) is 0 Å². The van der Waals surface area contributed by atoms with Crippen LogP contribution in [0.4, 0.5) is 0 Å². The molecule has 0 unspecified atom stereocenters. The Hall–Kier alpha value is -0.120. The highest BCUT2D eigenvalue weighted by molar-refractivity contribution is 5.11. The highest BCUT2D eigenvalue weighted by atomic mass is 16.5. The van der Waals surface area contributed by atoms with Crippen LogP contribution in [0.2, 0.25) is 0 Å². The molecular formula is C9H15NO2.